The normalized spacial score (nSPS) is 10.6. The van der Waals surface area contributed by atoms with Crippen molar-refractivity contribution in [1.82, 2.24) is 10.3 Å². The van der Waals surface area contributed by atoms with E-state index in [4.69, 9.17) is 0 Å². The molecule has 3 nitrogen and oxygen atoms in total. The average molecular weight is 332 g/mol. The number of rotatable bonds is 5. The number of amides is 1. The van der Waals surface area contributed by atoms with Crippen LogP contribution in [0.2, 0.25) is 0 Å². The van der Waals surface area contributed by atoms with Crippen molar-refractivity contribution in [1.29, 1.82) is 0 Å². The molecule has 0 atom stereocenters. The molecule has 2 heterocycles. The molecule has 112 valence electrons. The molecule has 0 saturated heterocycles. The summed E-state index contributed by atoms with van der Waals surface area (Å²) in [5, 5.41) is 5.67. The van der Waals surface area contributed by atoms with Crippen LogP contribution in [0.4, 0.5) is 4.39 Å². The number of benzene rings is 1. The first-order valence-corrected chi connectivity index (χ1v) is 8.44. The highest BCUT2D eigenvalue weighted by Gasteiger charge is 2.11. The van der Waals surface area contributed by atoms with E-state index in [0.29, 0.717) is 17.8 Å². The molecular formula is C16H13FN2OS2. The SMILES string of the molecule is O=C(NCCc1cccc(F)c1)c1cnc(-c2cccs2)s1. The molecule has 1 amide bonds. The van der Waals surface area contributed by atoms with Gasteiger partial charge in [-0.3, -0.25) is 4.79 Å². The molecule has 0 unspecified atom stereocenters. The second kappa shape index (κ2) is 6.81. The lowest BCUT2D eigenvalue weighted by Crippen LogP contribution is -2.24. The van der Waals surface area contributed by atoms with E-state index in [-0.39, 0.29) is 11.7 Å². The molecule has 0 spiro atoms. The van der Waals surface area contributed by atoms with Crippen molar-refractivity contribution in [2.45, 2.75) is 6.42 Å². The van der Waals surface area contributed by atoms with Crippen molar-refractivity contribution >= 4 is 28.6 Å². The number of hydrogen-bond donors (Lipinski definition) is 1. The van der Waals surface area contributed by atoms with Crippen LogP contribution < -0.4 is 5.32 Å². The van der Waals surface area contributed by atoms with Crippen molar-refractivity contribution in [2.75, 3.05) is 6.54 Å². The Morgan fingerprint density at radius 3 is 2.95 bits per heavy atom. The molecule has 0 aliphatic carbocycles. The summed E-state index contributed by atoms with van der Waals surface area (Å²) in [4.78, 5) is 18.0. The number of aromatic nitrogens is 1. The van der Waals surface area contributed by atoms with Crippen LogP contribution >= 0.6 is 22.7 Å². The highest BCUT2D eigenvalue weighted by molar-refractivity contribution is 7.21. The summed E-state index contributed by atoms with van der Waals surface area (Å²) in [5.41, 5.74) is 0.865. The lowest BCUT2D eigenvalue weighted by atomic mass is 10.1. The summed E-state index contributed by atoms with van der Waals surface area (Å²) < 4.78 is 13.1. The maximum Gasteiger partial charge on any atom is 0.263 e. The maximum absolute atomic E-state index is 13.1. The highest BCUT2D eigenvalue weighted by atomic mass is 32.1. The molecule has 0 saturated carbocycles. The van der Waals surface area contributed by atoms with Gasteiger partial charge in [0.05, 0.1) is 11.1 Å². The third-order valence-corrected chi connectivity index (χ3v) is 5.08. The quantitative estimate of drug-likeness (QED) is 0.768. The van der Waals surface area contributed by atoms with E-state index in [9.17, 15) is 9.18 Å². The second-order valence-electron chi connectivity index (χ2n) is 4.64. The van der Waals surface area contributed by atoms with Crippen LogP contribution in [0.15, 0.2) is 48.0 Å². The standard InChI is InChI=1S/C16H13FN2OS2/c17-12-4-1-3-11(9-12)6-7-18-15(20)14-10-19-16(22-14)13-5-2-8-21-13/h1-5,8-10H,6-7H2,(H,18,20). The van der Waals surface area contributed by atoms with E-state index in [1.807, 2.05) is 23.6 Å². The van der Waals surface area contributed by atoms with Gasteiger partial charge in [0.1, 0.15) is 15.7 Å². The predicted molar refractivity (Wildman–Crippen MR) is 87.9 cm³/mol. The van der Waals surface area contributed by atoms with Crippen LogP contribution in [0.1, 0.15) is 15.2 Å². The van der Waals surface area contributed by atoms with E-state index in [0.717, 1.165) is 15.4 Å². The monoisotopic (exact) mass is 332 g/mol. The van der Waals surface area contributed by atoms with Gasteiger partial charge in [-0.1, -0.05) is 18.2 Å². The first kappa shape index (κ1) is 14.9. The first-order chi connectivity index (χ1) is 10.7. The van der Waals surface area contributed by atoms with Gasteiger partial charge in [0.2, 0.25) is 0 Å². The number of carbonyl (C=O) groups excluding carboxylic acids is 1. The molecular weight excluding hydrogens is 319 g/mol. The Balaban J connectivity index is 1.56. The number of hydrogen-bond acceptors (Lipinski definition) is 4. The summed E-state index contributed by atoms with van der Waals surface area (Å²) >= 11 is 2.97. The van der Waals surface area contributed by atoms with E-state index in [2.05, 4.69) is 10.3 Å². The molecule has 3 aromatic rings. The summed E-state index contributed by atoms with van der Waals surface area (Å²) in [6.45, 7) is 0.467. The molecule has 0 aliphatic heterocycles. The predicted octanol–water partition coefficient (Wildman–Crippen LogP) is 3.98. The number of nitrogens with one attached hydrogen (secondary N) is 1. The minimum absolute atomic E-state index is 0.142. The molecule has 1 N–H and O–H groups in total. The average Bonchev–Trinajstić information content (AvgIpc) is 3.18. The number of halogens is 1. The third-order valence-electron chi connectivity index (χ3n) is 3.05. The Morgan fingerprint density at radius 1 is 1.27 bits per heavy atom. The minimum atomic E-state index is -0.258. The van der Waals surface area contributed by atoms with E-state index < -0.39 is 0 Å². The number of thiophene rings is 1. The van der Waals surface area contributed by atoms with Crippen molar-refractivity contribution in [3.05, 3.63) is 64.2 Å². The van der Waals surface area contributed by atoms with Crippen LogP contribution in [0, 0.1) is 5.82 Å². The summed E-state index contributed by atoms with van der Waals surface area (Å²) in [6, 6.07) is 10.3. The molecule has 1 aromatic carbocycles. The molecule has 0 radical (unpaired) electrons. The minimum Gasteiger partial charge on any atom is -0.351 e. The smallest absolute Gasteiger partial charge is 0.263 e. The molecule has 22 heavy (non-hydrogen) atoms. The van der Waals surface area contributed by atoms with Crippen LogP contribution in [-0.2, 0) is 6.42 Å². The van der Waals surface area contributed by atoms with Gasteiger partial charge >= 0.3 is 0 Å². The summed E-state index contributed by atoms with van der Waals surface area (Å²) in [5.74, 6) is -0.399. The Kier molecular flexibility index (Phi) is 4.60. The van der Waals surface area contributed by atoms with Crippen molar-refractivity contribution in [3.8, 4) is 9.88 Å². The van der Waals surface area contributed by atoms with Crippen LogP contribution in [0.5, 0.6) is 0 Å². The zero-order valence-electron chi connectivity index (χ0n) is 11.6. The Bertz CT molecular complexity index is 768. The van der Waals surface area contributed by atoms with Gasteiger partial charge in [-0.05, 0) is 35.6 Å². The largest absolute Gasteiger partial charge is 0.351 e. The van der Waals surface area contributed by atoms with Gasteiger partial charge in [-0.2, -0.15) is 0 Å². The fourth-order valence-electron chi connectivity index (χ4n) is 1.99. The number of nitrogens with zero attached hydrogens (tertiary/aromatic N) is 1. The van der Waals surface area contributed by atoms with E-state index >= 15 is 0 Å². The van der Waals surface area contributed by atoms with E-state index in [1.54, 1.807) is 23.6 Å². The van der Waals surface area contributed by atoms with Crippen LogP contribution in [-0.4, -0.2) is 17.4 Å². The van der Waals surface area contributed by atoms with Gasteiger partial charge < -0.3 is 5.32 Å². The Labute approximate surface area is 135 Å². The van der Waals surface area contributed by atoms with Gasteiger partial charge in [0.25, 0.3) is 5.91 Å². The van der Waals surface area contributed by atoms with Gasteiger partial charge in [-0.25, -0.2) is 9.37 Å². The highest BCUT2D eigenvalue weighted by Crippen LogP contribution is 2.28. The number of thiazole rings is 1. The van der Waals surface area contributed by atoms with Crippen molar-refractivity contribution in [3.63, 3.8) is 0 Å². The van der Waals surface area contributed by atoms with Gasteiger partial charge in [0, 0.05) is 6.54 Å². The van der Waals surface area contributed by atoms with Gasteiger partial charge in [-0.15, -0.1) is 22.7 Å². The summed E-state index contributed by atoms with van der Waals surface area (Å²) in [6.07, 6.45) is 2.19. The fourth-order valence-corrected chi connectivity index (χ4v) is 3.63. The third kappa shape index (κ3) is 3.58. The molecule has 6 heteroatoms. The van der Waals surface area contributed by atoms with Crippen molar-refractivity contribution < 1.29 is 9.18 Å². The maximum atomic E-state index is 13.1. The summed E-state index contributed by atoms with van der Waals surface area (Å²) in [7, 11) is 0. The molecule has 0 aliphatic rings. The first-order valence-electron chi connectivity index (χ1n) is 6.75. The van der Waals surface area contributed by atoms with Crippen LogP contribution in [0.25, 0.3) is 9.88 Å². The number of carbonyl (C=O) groups is 1. The zero-order valence-corrected chi connectivity index (χ0v) is 13.2. The Morgan fingerprint density at radius 2 is 2.18 bits per heavy atom. The van der Waals surface area contributed by atoms with Crippen LogP contribution in [0.3, 0.4) is 0 Å². The van der Waals surface area contributed by atoms with E-state index in [1.165, 1.54) is 23.5 Å². The lowest BCUT2D eigenvalue weighted by molar-refractivity contribution is 0.0958. The topological polar surface area (TPSA) is 42.0 Å². The zero-order chi connectivity index (χ0) is 15.4. The molecule has 2 aromatic heterocycles. The molecule has 0 bridgehead atoms. The second-order valence-corrected chi connectivity index (χ2v) is 6.62. The molecule has 3 rings (SSSR count). The fraction of sp³-hybridized carbons (Fsp3) is 0.125. The molecule has 0 fully saturated rings. The van der Waals surface area contributed by atoms with Gasteiger partial charge in [0.15, 0.2) is 0 Å². The Hall–Kier alpha value is -2.05. The van der Waals surface area contributed by atoms with Crippen molar-refractivity contribution in [2.24, 2.45) is 0 Å². The lowest BCUT2D eigenvalue weighted by Gasteiger charge is -2.03.